The fourth-order valence-corrected chi connectivity index (χ4v) is 5.15. The molecule has 0 N–H and O–H groups in total. The minimum atomic E-state index is -0.125. The summed E-state index contributed by atoms with van der Waals surface area (Å²) in [6.07, 6.45) is 0. The second-order valence-electron chi connectivity index (χ2n) is 7.49. The molecule has 0 aromatic heterocycles. The number of fused-ring (bicyclic) bond motifs is 2. The van der Waals surface area contributed by atoms with Gasteiger partial charge in [0.05, 0.1) is 21.6 Å². The molecule has 1 aliphatic rings. The summed E-state index contributed by atoms with van der Waals surface area (Å²) < 4.78 is 11.4. The third-order valence-electron chi connectivity index (χ3n) is 4.26. The summed E-state index contributed by atoms with van der Waals surface area (Å²) in [5.41, 5.74) is 0.619. The van der Waals surface area contributed by atoms with Crippen LogP contribution in [0.1, 0.15) is 38.1 Å². The minimum absolute atomic E-state index is 0.113. The van der Waals surface area contributed by atoms with Gasteiger partial charge in [0.1, 0.15) is 11.5 Å². The number of carbonyl (C=O) groups is 1. The molecule has 2 aromatic carbocycles. The van der Waals surface area contributed by atoms with Crippen molar-refractivity contribution in [3.8, 4) is 11.5 Å². The Balaban J connectivity index is 1.79. The van der Waals surface area contributed by atoms with Crippen molar-refractivity contribution in [3.63, 3.8) is 0 Å². The zero-order valence-electron chi connectivity index (χ0n) is 16.3. The first-order valence-corrected chi connectivity index (χ1v) is 11.1. The molecule has 0 amide bonds. The normalized spacial score (nSPS) is 14.1. The number of para-hydroxylation sites is 1. The summed E-state index contributed by atoms with van der Waals surface area (Å²) in [6.45, 7) is 9.73. The van der Waals surface area contributed by atoms with E-state index >= 15 is 0 Å². The van der Waals surface area contributed by atoms with E-state index in [1.54, 1.807) is 23.5 Å². The Bertz CT molecular complexity index is 811. The van der Waals surface area contributed by atoms with E-state index in [-0.39, 0.29) is 16.4 Å². The van der Waals surface area contributed by atoms with Gasteiger partial charge in [-0.2, -0.15) is 0 Å². The lowest BCUT2D eigenvalue weighted by molar-refractivity contribution is 0.0950. The Labute approximate surface area is 170 Å². The molecule has 3 rings (SSSR count). The molecule has 5 heteroatoms. The summed E-state index contributed by atoms with van der Waals surface area (Å²) in [5.74, 6) is 2.67. The maximum absolute atomic E-state index is 13.3. The van der Waals surface area contributed by atoms with Crippen molar-refractivity contribution in [1.29, 1.82) is 0 Å². The van der Waals surface area contributed by atoms with Gasteiger partial charge in [0, 0.05) is 17.9 Å². The second-order valence-corrected chi connectivity index (χ2v) is 9.79. The van der Waals surface area contributed by atoms with Gasteiger partial charge < -0.3 is 9.47 Å². The van der Waals surface area contributed by atoms with Crippen LogP contribution in [0.2, 0.25) is 0 Å². The van der Waals surface area contributed by atoms with Gasteiger partial charge in [-0.1, -0.05) is 44.7 Å². The van der Waals surface area contributed by atoms with Crippen LogP contribution >= 0.6 is 23.5 Å². The number of hydrogen-bond acceptors (Lipinski definition) is 5. The number of ether oxygens (including phenoxy) is 2. The molecule has 0 spiro atoms. The van der Waals surface area contributed by atoms with Crippen molar-refractivity contribution in [2.24, 2.45) is 5.41 Å². The van der Waals surface area contributed by atoms with Crippen LogP contribution in [0.25, 0.3) is 0 Å². The van der Waals surface area contributed by atoms with E-state index in [1.165, 1.54) is 0 Å². The van der Waals surface area contributed by atoms with Gasteiger partial charge in [-0.15, -0.1) is 11.8 Å². The average molecular weight is 403 g/mol. The third kappa shape index (κ3) is 4.89. The summed E-state index contributed by atoms with van der Waals surface area (Å²) in [6, 6.07) is 13.7. The van der Waals surface area contributed by atoms with Crippen molar-refractivity contribution in [1.82, 2.24) is 0 Å². The number of hydrogen-bond donors (Lipinski definition) is 0. The highest BCUT2D eigenvalue weighted by Gasteiger charge is 2.33. The van der Waals surface area contributed by atoms with Crippen molar-refractivity contribution in [2.75, 3.05) is 19.0 Å². The molecule has 0 saturated heterocycles. The predicted molar refractivity (Wildman–Crippen MR) is 114 cm³/mol. The summed E-state index contributed by atoms with van der Waals surface area (Å²) in [4.78, 5) is 15.3. The lowest BCUT2D eigenvalue weighted by Gasteiger charge is -2.29. The molecule has 0 radical (unpaired) electrons. The first-order valence-electron chi connectivity index (χ1n) is 9.22. The minimum Gasteiger partial charge on any atom is -0.455 e. The molecular formula is C22H26O3S2. The molecule has 1 atom stereocenters. The molecule has 144 valence electrons. The SMILES string of the molecule is CCOCCSC(C(=O)c1ccc2c(c1)Sc1ccccc1O2)C(C)(C)C. The van der Waals surface area contributed by atoms with Gasteiger partial charge in [-0.05, 0) is 42.7 Å². The summed E-state index contributed by atoms with van der Waals surface area (Å²) in [5, 5.41) is -0.113. The standard InChI is InChI=1S/C22H26O3S2/c1-5-24-12-13-26-21(22(2,3)4)20(23)15-10-11-17-19(14-15)27-18-9-7-6-8-16(18)25-17/h6-11,14,21H,5,12-13H2,1-4H3. The van der Waals surface area contributed by atoms with Crippen LogP contribution in [0.3, 0.4) is 0 Å². The fourth-order valence-electron chi connectivity index (χ4n) is 2.92. The van der Waals surface area contributed by atoms with Gasteiger partial charge in [0.15, 0.2) is 5.78 Å². The molecule has 1 aliphatic heterocycles. The van der Waals surface area contributed by atoms with E-state index in [2.05, 4.69) is 20.8 Å². The number of carbonyl (C=O) groups excluding carboxylic acids is 1. The van der Waals surface area contributed by atoms with Crippen LogP contribution in [0.5, 0.6) is 11.5 Å². The second kappa shape index (κ2) is 8.72. The highest BCUT2D eigenvalue weighted by molar-refractivity contribution is 8.00. The van der Waals surface area contributed by atoms with Crippen LogP contribution in [0.15, 0.2) is 52.3 Å². The zero-order valence-corrected chi connectivity index (χ0v) is 17.9. The Kier molecular flexibility index (Phi) is 6.56. The topological polar surface area (TPSA) is 35.5 Å². The molecule has 0 fully saturated rings. The highest BCUT2D eigenvalue weighted by Crippen LogP contribution is 2.47. The van der Waals surface area contributed by atoms with E-state index < -0.39 is 0 Å². The Morgan fingerprint density at radius 3 is 2.63 bits per heavy atom. The summed E-state index contributed by atoms with van der Waals surface area (Å²) in [7, 11) is 0. The van der Waals surface area contributed by atoms with Crippen molar-refractivity contribution in [3.05, 3.63) is 48.0 Å². The smallest absolute Gasteiger partial charge is 0.176 e. The van der Waals surface area contributed by atoms with E-state index in [9.17, 15) is 4.79 Å². The largest absolute Gasteiger partial charge is 0.455 e. The number of Topliss-reactive ketones (excluding diaryl/α,β-unsaturated/α-hetero) is 1. The van der Waals surface area contributed by atoms with Gasteiger partial charge in [-0.25, -0.2) is 0 Å². The van der Waals surface area contributed by atoms with Crippen molar-refractivity contribution in [2.45, 2.75) is 42.7 Å². The van der Waals surface area contributed by atoms with Crippen LogP contribution in [0, 0.1) is 5.41 Å². The monoisotopic (exact) mass is 402 g/mol. The summed E-state index contributed by atoms with van der Waals surface area (Å²) >= 11 is 3.34. The van der Waals surface area contributed by atoms with Crippen LogP contribution < -0.4 is 4.74 Å². The highest BCUT2D eigenvalue weighted by atomic mass is 32.2. The van der Waals surface area contributed by atoms with Crippen molar-refractivity contribution >= 4 is 29.3 Å². The fraction of sp³-hybridized carbons (Fsp3) is 0.409. The quantitative estimate of drug-likeness (QED) is 0.342. The molecule has 1 heterocycles. The van der Waals surface area contributed by atoms with E-state index in [0.29, 0.717) is 13.2 Å². The van der Waals surface area contributed by atoms with Crippen LogP contribution in [-0.2, 0) is 4.74 Å². The molecule has 1 unspecified atom stereocenters. The Hall–Kier alpha value is -1.43. The molecule has 0 aliphatic carbocycles. The van der Waals surface area contributed by atoms with Gasteiger partial charge >= 0.3 is 0 Å². The number of thioether (sulfide) groups is 1. The molecule has 2 aromatic rings. The predicted octanol–water partition coefficient (Wildman–Crippen LogP) is 6.31. The van der Waals surface area contributed by atoms with Crippen LogP contribution in [-0.4, -0.2) is 30.0 Å². The van der Waals surface area contributed by atoms with E-state index in [1.807, 2.05) is 49.4 Å². The maximum Gasteiger partial charge on any atom is 0.176 e. The molecule has 0 saturated carbocycles. The molecule has 0 bridgehead atoms. The zero-order chi connectivity index (χ0) is 19.4. The van der Waals surface area contributed by atoms with E-state index in [0.717, 1.165) is 32.6 Å². The van der Waals surface area contributed by atoms with Gasteiger partial charge in [-0.3, -0.25) is 4.79 Å². The van der Waals surface area contributed by atoms with Gasteiger partial charge in [0.25, 0.3) is 0 Å². The Morgan fingerprint density at radius 1 is 1.15 bits per heavy atom. The third-order valence-corrected chi connectivity index (χ3v) is 7.01. The number of rotatable bonds is 7. The Morgan fingerprint density at radius 2 is 1.89 bits per heavy atom. The first kappa shape index (κ1) is 20.3. The molecule has 3 nitrogen and oxygen atoms in total. The number of benzene rings is 2. The van der Waals surface area contributed by atoms with Gasteiger partial charge in [0.2, 0.25) is 0 Å². The molecule has 27 heavy (non-hydrogen) atoms. The molecular weight excluding hydrogens is 376 g/mol. The average Bonchev–Trinajstić information content (AvgIpc) is 2.64. The lowest BCUT2D eigenvalue weighted by atomic mass is 9.87. The first-order chi connectivity index (χ1) is 12.9. The number of ketones is 1. The lowest BCUT2D eigenvalue weighted by Crippen LogP contribution is -2.32. The maximum atomic E-state index is 13.3. The van der Waals surface area contributed by atoms with Crippen molar-refractivity contribution < 1.29 is 14.3 Å². The van der Waals surface area contributed by atoms with E-state index in [4.69, 9.17) is 9.47 Å². The van der Waals surface area contributed by atoms with Crippen LogP contribution in [0.4, 0.5) is 0 Å².